The number of hydrogen-bond donors (Lipinski definition) is 1. The number of halogens is 1. The molecule has 2 N–H and O–H groups in total. The summed E-state index contributed by atoms with van der Waals surface area (Å²) in [7, 11) is 1.61. The molecule has 0 aliphatic heterocycles. The van der Waals surface area contributed by atoms with Crippen molar-refractivity contribution >= 4 is 11.6 Å². The predicted molar refractivity (Wildman–Crippen MR) is 50.6 cm³/mol. The molecular weight excluding hydrogens is 174 g/mol. The molecule has 0 saturated carbocycles. The molecule has 0 aromatic heterocycles. The van der Waals surface area contributed by atoms with Gasteiger partial charge in [0.05, 0.1) is 7.11 Å². The lowest BCUT2D eigenvalue weighted by Crippen LogP contribution is -2.06. The van der Waals surface area contributed by atoms with Crippen LogP contribution in [-0.4, -0.2) is 7.11 Å². The van der Waals surface area contributed by atoms with E-state index >= 15 is 0 Å². The van der Waals surface area contributed by atoms with E-state index in [9.17, 15) is 0 Å². The summed E-state index contributed by atoms with van der Waals surface area (Å²) in [5.74, 6) is 0.748. The highest BCUT2D eigenvalue weighted by molar-refractivity contribution is 6.30. The molecule has 0 radical (unpaired) electrons. The lowest BCUT2D eigenvalue weighted by atomic mass is 10.1. The molecule has 0 spiro atoms. The summed E-state index contributed by atoms with van der Waals surface area (Å²) in [5.41, 5.74) is 6.69. The average molecular weight is 186 g/mol. The maximum absolute atomic E-state index is 5.78. The number of nitrogens with two attached hydrogens (primary N) is 1. The summed E-state index contributed by atoms with van der Waals surface area (Å²) in [6.07, 6.45) is 0. The SMILES string of the molecule is COc1cc(Cl)ccc1[C@H](C)N. The van der Waals surface area contributed by atoms with Gasteiger partial charge in [0.2, 0.25) is 0 Å². The summed E-state index contributed by atoms with van der Waals surface area (Å²) in [6, 6.07) is 5.42. The third kappa shape index (κ3) is 1.90. The number of hydrogen-bond acceptors (Lipinski definition) is 2. The van der Waals surface area contributed by atoms with Gasteiger partial charge in [0, 0.05) is 16.6 Å². The van der Waals surface area contributed by atoms with Gasteiger partial charge >= 0.3 is 0 Å². The monoisotopic (exact) mass is 185 g/mol. The van der Waals surface area contributed by atoms with Gasteiger partial charge in [0.15, 0.2) is 0 Å². The summed E-state index contributed by atoms with van der Waals surface area (Å²) in [4.78, 5) is 0. The summed E-state index contributed by atoms with van der Waals surface area (Å²) >= 11 is 5.78. The fourth-order valence-electron chi connectivity index (χ4n) is 1.06. The topological polar surface area (TPSA) is 35.2 Å². The Morgan fingerprint density at radius 2 is 2.17 bits per heavy atom. The van der Waals surface area contributed by atoms with Gasteiger partial charge in [-0.1, -0.05) is 17.7 Å². The Morgan fingerprint density at radius 1 is 1.50 bits per heavy atom. The number of methoxy groups -OCH3 is 1. The van der Waals surface area contributed by atoms with Crippen LogP contribution >= 0.6 is 11.6 Å². The van der Waals surface area contributed by atoms with Crippen LogP contribution < -0.4 is 10.5 Å². The smallest absolute Gasteiger partial charge is 0.125 e. The molecule has 0 amide bonds. The summed E-state index contributed by atoms with van der Waals surface area (Å²) in [6.45, 7) is 1.91. The van der Waals surface area contributed by atoms with Crippen molar-refractivity contribution in [3.8, 4) is 5.75 Å². The Balaban J connectivity index is 3.11. The Hall–Kier alpha value is -0.730. The second-order valence-corrected chi connectivity index (χ2v) is 3.11. The van der Waals surface area contributed by atoms with Crippen molar-refractivity contribution in [1.29, 1.82) is 0 Å². The highest BCUT2D eigenvalue weighted by Gasteiger charge is 2.06. The van der Waals surface area contributed by atoms with Gasteiger partial charge in [-0.15, -0.1) is 0 Å². The second kappa shape index (κ2) is 3.78. The van der Waals surface area contributed by atoms with Crippen molar-refractivity contribution in [3.05, 3.63) is 28.8 Å². The van der Waals surface area contributed by atoms with Gasteiger partial charge in [-0.25, -0.2) is 0 Å². The highest BCUT2D eigenvalue weighted by Crippen LogP contribution is 2.26. The van der Waals surface area contributed by atoms with Crippen LogP contribution in [0.2, 0.25) is 5.02 Å². The van der Waals surface area contributed by atoms with Crippen molar-refractivity contribution in [2.75, 3.05) is 7.11 Å². The molecule has 0 aliphatic rings. The number of benzene rings is 1. The van der Waals surface area contributed by atoms with Crippen LogP contribution in [0.4, 0.5) is 0 Å². The molecule has 1 rings (SSSR count). The molecule has 1 atom stereocenters. The Kier molecular flexibility index (Phi) is 2.95. The normalized spacial score (nSPS) is 12.7. The standard InChI is InChI=1S/C9H12ClNO/c1-6(11)8-4-3-7(10)5-9(8)12-2/h3-6H,11H2,1-2H3/t6-/m0/s1. The lowest BCUT2D eigenvalue weighted by Gasteiger charge is -2.11. The zero-order valence-electron chi connectivity index (χ0n) is 7.17. The zero-order valence-corrected chi connectivity index (χ0v) is 7.93. The van der Waals surface area contributed by atoms with Crippen molar-refractivity contribution in [1.82, 2.24) is 0 Å². The molecular formula is C9H12ClNO. The van der Waals surface area contributed by atoms with E-state index in [-0.39, 0.29) is 6.04 Å². The van der Waals surface area contributed by atoms with E-state index in [1.54, 1.807) is 13.2 Å². The Bertz CT molecular complexity index is 273. The minimum absolute atomic E-state index is 0.0304. The number of rotatable bonds is 2. The molecule has 1 aromatic rings. The maximum atomic E-state index is 5.78. The summed E-state index contributed by atoms with van der Waals surface area (Å²) < 4.78 is 5.12. The molecule has 0 unspecified atom stereocenters. The van der Waals surface area contributed by atoms with Crippen LogP contribution in [0.3, 0.4) is 0 Å². The van der Waals surface area contributed by atoms with Crippen molar-refractivity contribution in [2.45, 2.75) is 13.0 Å². The van der Waals surface area contributed by atoms with Crippen LogP contribution in [0.15, 0.2) is 18.2 Å². The molecule has 66 valence electrons. The van der Waals surface area contributed by atoms with Gasteiger partial charge in [0.25, 0.3) is 0 Å². The maximum Gasteiger partial charge on any atom is 0.125 e. The lowest BCUT2D eigenvalue weighted by molar-refractivity contribution is 0.407. The Morgan fingerprint density at radius 3 is 2.67 bits per heavy atom. The molecule has 3 heteroatoms. The van der Waals surface area contributed by atoms with Gasteiger partial charge < -0.3 is 10.5 Å². The second-order valence-electron chi connectivity index (χ2n) is 2.67. The van der Waals surface area contributed by atoms with Crippen LogP contribution in [0, 0.1) is 0 Å². The van der Waals surface area contributed by atoms with Gasteiger partial charge in [-0.2, -0.15) is 0 Å². The van der Waals surface area contributed by atoms with E-state index in [0.717, 1.165) is 11.3 Å². The van der Waals surface area contributed by atoms with Crippen LogP contribution in [0.25, 0.3) is 0 Å². The fourth-order valence-corrected chi connectivity index (χ4v) is 1.22. The van der Waals surface area contributed by atoms with E-state index in [1.165, 1.54) is 0 Å². The van der Waals surface area contributed by atoms with E-state index < -0.39 is 0 Å². The predicted octanol–water partition coefficient (Wildman–Crippen LogP) is 2.37. The number of ether oxygens (including phenoxy) is 1. The molecule has 0 aliphatic carbocycles. The third-order valence-corrected chi connectivity index (χ3v) is 1.92. The van der Waals surface area contributed by atoms with Crippen molar-refractivity contribution in [2.24, 2.45) is 5.73 Å². The quantitative estimate of drug-likeness (QED) is 0.768. The van der Waals surface area contributed by atoms with E-state index in [4.69, 9.17) is 22.1 Å². The molecule has 0 fully saturated rings. The zero-order chi connectivity index (χ0) is 9.14. The van der Waals surface area contributed by atoms with E-state index in [2.05, 4.69) is 0 Å². The highest BCUT2D eigenvalue weighted by atomic mass is 35.5. The first-order valence-electron chi connectivity index (χ1n) is 3.74. The van der Waals surface area contributed by atoms with E-state index in [0.29, 0.717) is 5.02 Å². The first kappa shape index (κ1) is 9.36. The molecule has 0 saturated heterocycles. The summed E-state index contributed by atoms with van der Waals surface area (Å²) in [5, 5.41) is 0.663. The average Bonchev–Trinajstić information content (AvgIpc) is 2.03. The van der Waals surface area contributed by atoms with Gasteiger partial charge in [0.1, 0.15) is 5.75 Å². The van der Waals surface area contributed by atoms with Crippen molar-refractivity contribution < 1.29 is 4.74 Å². The first-order chi connectivity index (χ1) is 5.65. The fraction of sp³-hybridized carbons (Fsp3) is 0.333. The van der Waals surface area contributed by atoms with E-state index in [1.807, 2.05) is 19.1 Å². The van der Waals surface area contributed by atoms with Crippen molar-refractivity contribution in [3.63, 3.8) is 0 Å². The van der Waals surface area contributed by atoms with Crippen LogP contribution in [-0.2, 0) is 0 Å². The molecule has 12 heavy (non-hydrogen) atoms. The molecule has 2 nitrogen and oxygen atoms in total. The minimum atomic E-state index is -0.0304. The van der Waals surface area contributed by atoms with Crippen LogP contribution in [0.5, 0.6) is 5.75 Å². The largest absolute Gasteiger partial charge is 0.496 e. The molecule has 0 bridgehead atoms. The minimum Gasteiger partial charge on any atom is -0.496 e. The van der Waals surface area contributed by atoms with Gasteiger partial charge in [-0.05, 0) is 19.1 Å². The molecule has 1 aromatic carbocycles. The van der Waals surface area contributed by atoms with Crippen LogP contribution in [0.1, 0.15) is 18.5 Å². The molecule has 0 heterocycles. The van der Waals surface area contributed by atoms with Gasteiger partial charge in [-0.3, -0.25) is 0 Å². The third-order valence-electron chi connectivity index (χ3n) is 1.69. The Labute approximate surface area is 77.3 Å². The first-order valence-corrected chi connectivity index (χ1v) is 4.12.